The number of nitrogens with one attached hydrogen (secondary N) is 1. The van der Waals surface area contributed by atoms with Crippen molar-refractivity contribution in [1.82, 2.24) is 10.3 Å². The maximum absolute atomic E-state index is 4.41. The zero-order valence-corrected chi connectivity index (χ0v) is 10.1. The van der Waals surface area contributed by atoms with Crippen molar-refractivity contribution < 1.29 is 0 Å². The van der Waals surface area contributed by atoms with Crippen LogP contribution in [-0.4, -0.2) is 18.1 Å². The Bertz CT molecular complexity index is 395. The molecule has 0 radical (unpaired) electrons. The van der Waals surface area contributed by atoms with E-state index in [4.69, 9.17) is 0 Å². The summed E-state index contributed by atoms with van der Waals surface area (Å²) in [5.74, 6) is 0.743. The summed E-state index contributed by atoms with van der Waals surface area (Å²) in [4.78, 5) is 4.41. The summed E-state index contributed by atoms with van der Waals surface area (Å²) in [6, 6.07) is 4.23. The number of nitrogens with zero attached hydrogens (tertiary/aromatic N) is 1. The van der Waals surface area contributed by atoms with Crippen LogP contribution in [0.1, 0.15) is 24.1 Å². The van der Waals surface area contributed by atoms with Crippen molar-refractivity contribution in [3.05, 3.63) is 35.2 Å². The summed E-state index contributed by atoms with van der Waals surface area (Å²) in [5, 5.41) is 3.48. The molecule has 1 atom stereocenters. The van der Waals surface area contributed by atoms with Crippen LogP contribution in [0.4, 0.5) is 0 Å². The van der Waals surface area contributed by atoms with Crippen LogP contribution in [0.25, 0.3) is 6.08 Å². The van der Waals surface area contributed by atoms with Crippen LogP contribution < -0.4 is 5.32 Å². The molecular weight excluding hydrogens is 220 g/mol. The third kappa shape index (κ3) is 2.13. The summed E-state index contributed by atoms with van der Waals surface area (Å²) in [7, 11) is 0. The molecule has 2 nitrogen and oxygen atoms in total. The third-order valence-corrected chi connectivity index (χ3v) is 3.46. The Kier molecular flexibility index (Phi) is 3.62. The van der Waals surface area contributed by atoms with Gasteiger partial charge in [-0.2, -0.15) is 0 Å². The van der Waals surface area contributed by atoms with E-state index in [-0.39, 0.29) is 12.4 Å². The number of rotatable bonds is 1. The second-order valence-electron chi connectivity index (χ2n) is 4.49. The maximum Gasteiger partial charge on any atom is 0.0664 e. The molecule has 3 rings (SSSR count). The first-order valence-electron chi connectivity index (χ1n) is 5.78. The zero-order chi connectivity index (χ0) is 10.1. The quantitative estimate of drug-likeness (QED) is 0.810. The van der Waals surface area contributed by atoms with Crippen molar-refractivity contribution in [3.8, 4) is 0 Å². The second kappa shape index (κ2) is 4.98. The monoisotopic (exact) mass is 236 g/mol. The summed E-state index contributed by atoms with van der Waals surface area (Å²) in [5.41, 5.74) is 4.17. The molecule has 3 heteroatoms. The van der Waals surface area contributed by atoms with E-state index in [1.807, 2.05) is 12.3 Å². The topological polar surface area (TPSA) is 24.9 Å². The van der Waals surface area contributed by atoms with Gasteiger partial charge in [0.05, 0.1) is 5.69 Å². The van der Waals surface area contributed by atoms with Gasteiger partial charge < -0.3 is 5.32 Å². The van der Waals surface area contributed by atoms with E-state index in [1.54, 1.807) is 5.57 Å². The number of piperidine rings is 1. The SMILES string of the molecule is C1=C(C2CCCNC2)Cc2cccnc21.Cl. The first-order valence-corrected chi connectivity index (χ1v) is 5.78. The highest BCUT2D eigenvalue weighted by molar-refractivity contribution is 5.85. The van der Waals surface area contributed by atoms with Gasteiger partial charge in [-0.15, -0.1) is 12.4 Å². The molecule has 0 bridgehead atoms. The summed E-state index contributed by atoms with van der Waals surface area (Å²) < 4.78 is 0. The number of fused-ring (bicyclic) bond motifs is 1. The lowest BCUT2D eigenvalue weighted by Gasteiger charge is -2.23. The lowest BCUT2D eigenvalue weighted by Crippen LogP contribution is -2.30. The van der Waals surface area contributed by atoms with Crippen LogP contribution in [0, 0.1) is 5.92 Å². The van der Waals surface area contributed by atoms with E-state index in [0.717, 1.165) is 18.9 Å². The van der Waals surface area contributed by atoms with Crippen LogP contribution in [-0.2, 0) is 6.42 Å². The molecule has 86 valence electrons. The molecule has 16 heavy (non-hydrogen) atoms. The Morgan fingerprint density at radius 2 is 2.31 bits per heavy atom. The minimum absolute atomic E-state index is 0. The minimum Gasteiger partial charge on any atom is -0.316 e. The predicted molar refractivity (Wildman–Crippen MR) is 68.8 cm³/mol. The van der Waals surface area contributed by atoms with Crippen molar-refractivity contribution in [1.29, 1.82) is 0 Å². The third-order valence-electron chi connectivity index (χ3n) is 3.46. The normalized spacial score (nSPS) is 23.2. The molecule has 1 aliphatic carbocycles. The van der Waals surface area contributed by atoms with Gasteiger partial charge in [-0.1, -0.05) is 11.6 Å². The molecule has 1 aromatic heterocycles. The Morgan fingerprint density at radius 1 is 1.38 bits per heavy atom. The average Bonchev–Trinajstić information content (AvgIpc) is 2.74. The van der Waals surface area contributed by atoms with Crippen LogP contribution in [0.2, 0.25) is 0 Å². The van der Waals surface area contributed by atoms with Gasteiger partial charge in [0.25, 0.3) is 0 Å². The summed E-state index contributed by atoms with van der Waals surface area (Å²) >= 11 is 0. The lowest BCUT2D eigenvalue weighted by atomic mass is 9.90. The molecule has 0 amide bonds. The summed E-state index contributed by atoms with van der Waals surface area (Å²) in [6.07, 6.45) is 7.96. The van der Waals surface area contributed by atoms with Crippen LogP contribution in [0.3, 0.4) is 0 Å². The molecular formula is C13H17ClN2. The first kappa shape index (κ1) is 11.6. The average molecular weight is 237 g/mol. The summed E-state index contributed by atoms with van der Waals surface area (Å²) in [6.45, 7) is 2.34. The Labute approximate surface area is 103 Å². The number of hydrogen-bond acceptors (Lipinski definition) is 2. The van der Waals surface area contributed by atoms with Gasteiger partial charge in [0.1, 0.15) is 0 Å². The van der Waals surface area contributed by atoms with E-state index in [2.05, 4.69) is 22.4 Å². The molecule has 1 fully saturated rings. The zero-order valence-electron chi connectivity index (χ0n) is 9.28. The van der Waals surface area contributed by atoms with E-state index in [9.17, 15) is 0 Å². The fraction of sp³-hybridized carbons (Fsp3) is 0.462. The number of halogens is 1. The van der Waals surface area contributed by atoms with Gasteiger partial charge in [-0.3, -0.25) is 4.98 Å². The van der Waals surface area contributed by atoms with Crippen molar-refractivity contribution in [2.24, 2.45) is 5.92 Å². The molecule has 0 spiro atoms. The molecule has 2 aliphatic rings. The maximum atomic E-state index is 4.41. The van der Waals surface area contributed by atoms with Crippen LogP contribution in [0.5, 0.6) is 0 Å². The highest BCUT2D eigenvalue weighted by Gasteiger charge is 2.22. The largest absolute Gasteiger partial charge is 0.316 e. The standard InChI is InChI=1S/C13H16N2.ClH/c1-4-11(9-14-5-1)12-7-10-3-2-6-15-13(10)8-12;/h2-3,6,8,11,14H,1,4-5,7,9H2;1H. The van der Waals surface area contributed by atoms with Crippen molar-refractivity contribution in [3.63, 3.8) is 0 Å². The van der Waals surface area contributed by atoms with Crippen molar-refractivity contribution in [2.75, 3.05) is 13.1 Å². The Balaban J connectivity index is 0.000000963. The molecule has 2 heterocycles. The molecule has 1 aromatic rings. The van der Waals surface area contributed by atoms with Gasteiger partial charge >= 0.3 is 0 Å². The highest BCUT2D eigenvalue weighted by atomic mass is 35.5. The predicted octanol–water partition coefficient (Wildman–Crippen LogP) is 2.44. The van der Waals surface area contributed by atoms with Crippen molar-refractivity contribution >= 4 is 18.5 Å². The Morgan fingerprint density at radius 3 is 3.06 bits per heavy atom. The van der Waals surface area contributed by atoms with E-state index >= 15 is 0 Å². The van der Waals surface area contributed by atoms with Gasteiger partial charge in [0.15, 0.2) is 0 Å². The van der Waals surface area contributed by atoms with Gasteiger partial charge in [0.2, 0.25) is 0 Å². The smallest absolute Gasteiger partial charge is 0.0664 e. The first-order chi connectivity index (χ1) is 7.43. The fourth-order valence-electron chi connectivity index (χ4n) is 2.61. The molecule has 0 saturated carbocycles. The van der Waals surface area contributed by atoms with Crippen LogP contribution in [0.15, 0.2) is 23.9 Å². The highest BCUT2D eigenvalue weighted by Crippen LogP contribution is 2.30. The second-order valence-corrected chi connectivity index (χ2v) is 4.49. The molecule has 1 unspecified atom stereocenters. The fourth-order valence-corrected chi connectivity index (χ4v) is 2.61. The Hall–Kier alpha value is -0.860. The van der Waals surface area contributed by atoms with Gasteiger partial charge in [-0.25, -0.2) is 0 Å². The number of pyridine rings is 1. The minimum atomic E-state index is 0. The molecule has 1 N–H and O–H groups in total. The van der Waals surface area contributed by atoms with E-state index in [0.29, 0.717) is 0 Å². The van der Waals surface area contributed by atoms with Gasteiger partial charge in [-0.05, 0) is 49.4 Å². The van der Waals surface area contributed by atoms with E-state index in [1.165, 1.54) is 30.6 Å². The van der Waals surface area contributed by atoms with Crippen LogP contribution >= 0.6 is 12.4 Å². The lowest BCUT2D eigenvalue weighted by molar-refractivity contribution is 0.420. The molecule has 1 saturated heterocycles. The van der Waals surface area contributed by atoms with E-state index < -0.39 is 0 Å². The van der Waals surface area contributed by atoms with Gasteiger partial charge in [0, 0.05) is 12.7 Å². The molecule has 0 aromatic carbocycles. The number of hydrogen-bond donors (Lipinski definition) is 1. The number of aromatic nitrogens is 1. The molecule has 1 aliphatic heterocycles. The van der Waals surface area contributed by atoms with Crippen molar-refractivity contribution in [2.45, 2.75) is 19.3 Å².